The number of hydrogen-bond acceptors (Lipinski definition) is 6. The van der Waals surface area contributed by atoms with Gasteiger partial charge in [0.05, 0.1) is 0 Å². The Bertz CT molecular complexity index is 1430. The normalized spacial score (nSPS) is 12.6. The molecule has 6 heteroatoms. The summed E-state index contributed by atoms with van der Waals surface area (Å²) in [5, 5.41) is 0. The summed E-state index contributed by atoms with van der Waals surface area (Å²) in [7, 11) is 0. The lowest BCUT2D eigenvalue weighted by Crippen LogP contribution is -2.30. The lowest BCUT2D eigenvalue weighted by Gasteiger charge is -2.18. The largest absolute Gasteiger partial charge is 0.462 e. The molecule has 0 N–H and O–H groups in total. The van der Waals surface area contributed by atoms with E-state index in [0.29, 0.717) is 19.3 Å². The zero-order chi connectivity index (χ0) is 54.3. The van der Waals surface area contributed by atoms with E-state index >= 15 is 0 Å². The van der Waals surface area contributed by atoms with Gasteiger partial charge in [-0.15, -0.1) is 0 Å². The van der Waals surface area contributed by atoms with Gasteiger partial charge in [-0.05, 0) is 116 Å². The van der Waals surface area contributed by atoms with E-state index in [2.05, 4.69) is 106 Å². The number of carbonyl (C=O) groups excluding carboxylic acids is 3. The summed E-state index contributed by atoms with van der Waals surface area (Å²) in [5.41, 5.74) is 0. The molecule has 1 atom stereocenters. The van der Waals surface area contributed by atoms with Gasteiger partial charge in [-0.1, -0.05) is 266 Å². The van der Waals surface area contributed by atoms with Crippen molar-refractivity contribution in [2.24, 2.45) is 0 Å². The first kappa shape index (κ1) is 71.6. The van der Waals surface area contributed by atoms with Gasteiger partial charge in [-0.3, -0.25) is 14.4 Å². The Balaban J connectivity index is 4.24. The monoisotopic (exact) mass is 1040 g/mol. The van der Waals surface area contributed by atoms with Crippen LogP contribution in [0.4, 0.5) is 0 Å². The van der Waals surface area contributed by atoms with Crippen LogP contribution in [0.5, 0.6) is 0 Å². The third-order valence-corrected chi connectivity index (χ3v) is 13.9. The Morgan fingerprint density at radius 2 is 0.520 bits per heavy atom. The van der Waals surface area contributed by atoms with E-state index in [-0.39, 0.29) is 31.1 Å². The van der Waals surface area contributed by atoms with Gasteiger partial charge in [-0.25, -0.2) is 0 Å². The van der Waals surface area contributed by atoms with Crippen LogP contribution in [0.15, 0.2) is 85.1 Å². The number of unbranched alkanes of at least 4 members (excludes halogenated alkanes) is 33. The van der Waals surface area contributed by atoms with E-state index in [1.165, 1.54) is 167 Å². The number of ether oxygens (including phenoxy) is 3. The number of rotatable bonds is 58. The van der Waals surface area contributed by atoms with E-state index < -0.39 is 6.10 Å². The lowest BCUT2D eigenvalue weighted by atomic mass is 10.0. The minimum atomic E-state index is -0.784. The highest BCUT2D eigenvalue weighted by Crippen LogP contribution is 2.16. The highest BCUT2D eigenvalue weighted by Gasteiger charge is 2.19. The van der Waals surface area contributed by atoms with Gasteiger partial charge in [0, 0.05) is 19.3 Å². The van der Waals surface area contributed by atoms with E-state index in [1.54, 1.807) is 0 Å². The molecule has 1 unspecified atom stereocenters. The summed E-state index contributed by atoms with van der Waals surface area (Å²) < 4.78 is 16.9. The SMILES string of the molecule is CC/C=C\C/C=C\C/C=C\C/C=C\C/C=C\CCCCCCCCCCCCCCCC(=O)OCC(COC(=O)CCCCCCC/C=C\CCCCCC)OC(=O)CCCCCCC/C=C\CCCCCCCC. The van der Waals surface area contributed by atoms with Gasteiger partial charge in [0.25, 0.3) is 0 Å². The minimum Gasteiger partial charge on any atom is -0.462 e. The van der Waals surface area contributed by atoms with Gasteiger partial charge in [0.1, 0.15) is 13.2 Å². The molecule has 0 aliphatic rings. The van der Waals surface area contributed by atoms with Crippen LogP contribution in [-0.2, 0) is 28.6 Å². The molecule has 432 valence electrons. The first-order valence-electron chi connectivity index (χ1n) is 32.1. The molecule has 0 saturated heterocycles. The fourth-order valence-electron chi connectivity index (χ4n) is 9.05. The molecule has 0 bridgehead atoms. The number of hydrogen-bond donors (Lipinski definition) is 0. The molecule has 0 aromatic rings. The van der Waals surface area contributed by atoms with Crippen molar-refractivity contribution in [1.82, 2.24) is 0 Å². The van der Waals surface area contributed by atoms with Gasteiger partial charge < -0.3 is 14.2 Å². The van der Waals surface area contributed by atoms with Crippen LogP contribution >= 0.6 is 0 Å². The second-order valence-electron chi connectivity index (χ2n) is 21.3. The predicted molar refractivity (Wildman–Crippen MR) is 325 cm³/mol. The maximum Gasteiger partial charge on any atom is 0.306 e. The zero-order valence-electron chi connectivity index (χ0n) is 49.6. The fourth-order valence-corrected chi connectivity index (χ4v) is 9.05. The third kappa shape index (κ3) is 61.3. The van der Waals surface area contributed by atoms with Gasteiger partial charge in [0.2, 0.25) is 0 Å². The Labute approximate surface area is 465 Å². The molecule has 0 saturated carbocycles. The molecular weight excluding hydrogens is 925 g/mol. The second-order valence-corrected chi connectivity index (χ2v) is 21.3. The van der Waals surface area contributed by atoms with E-state index in [9.17, 15) is 14.4 Å². The first-order chi connectivity index (χ1) is 37.0. The quantitative estimate of drug-likeness (QED) is 0.0261. The molecule has 0 radical (unpaired) electrons. The minimum absolute atomic E-state index is 0.0808. The Kier molecular flexibility index (Phi) is 60.3. The van der Waals surface area contributed by atoms with E-state index in [0.717, 1.165) is 109 Å². The maximum atomic E-state index is 12.9. The standard InChI is InChI=1S/C69H120O6/c1-4-7-10-13-16-19-22-25-27-28-29-30-31-32-33-34-35-36-37-38-39-40-42-44-47-50-53-56-59-62-68(71)74-65-66(64-73-67(70)61-58-55-52-49-46-43-24-21-18-15-12-9-6-3)75-69(72)63-60-57-54-51-48-45-41-26-23-20-17-14-11-8-5-2/h7,10,16,19,21,24-27,29-30,32-33,41,66H,4-6,8-9,11-15,17-18,20,22-23,28,31,34-40,42-65H2,1-3H3/b10-7-,19-16-,24-21-,27-25-,30-29-,33-32-,41-26-. The summed E-state index contributed by atoms with van der Waals surface area (Å²) in [6.07, 6.45) is 83.1. The van der Waals surface area contributed by atoms with Crippen LogP contribution < -0.4 is 0 Å². The van der Waals surface area contributed by atoms with E-state index in [4.69, 9.17) is 14.2 Å². The van der Waals surface area contributed by atoms with Crippen LogP contribution in [0.3, 0.4) is 0 Å². The summed E-state index contributed by atoms with van der Waals surface area (Å²) in [6, 6.07) is 0. The van der Waals surface area contributed by atoms with Crippen molar-refractivity contribution in [3.8, 4) is 0 Å². The van der Waals surface area contributed by atoms with Crippen LogP contribution in [-0.4, -0.2) is 37.2 Å². The topological polar surface area (TPSA) is 78.9 Å². The summed E-state index contributed by atoms with van der Waals surface area (Å²) >= 11 is 0. The first-order valence-corrected chi connectivity index (χ1v) is 32.1. The van der Waals surface area contributed by atoms with Crippen molar-refractivity contribution in [2.75, 3.05) is 13.2 Å². The summed E-state index contributed by atoms with van der Waals surface area (Å²) in [6.45, 7) is 6.52. The van der Waals surface area contributed by atoms with Crippen LogP contribution in [0.2, 0.25) is 0 Å². The van der Waals surface area contributed by atoms with Crippen LogP contribution in [0.1, 0.15) is 316 Å². The lowest BCUT2D eigenvalue weighted by molar-refractivity contribution is -0.167. The Hall–Kier alpha value is -3.41. The smallest absolute Gasteiger partial charge is 0.306 e. The summed E-state index contributed by atoms with van der Waals surface area (Å²) in [5.74, 6) is -0.888. The molecular formula is C69H120O6. The molecule has 0 amide bonds. The summed E-state index contributed by atoms with van der Waals surface area (Å²) in [4.78, 5) is 38.2. The molecule has 0 aliphatic carbocycles. The average Bonchev–Trinajstić information content (AvgIpc) is 3.41. The van der Waals surface area contributed by atoms with Gasteiger partial charge >= 0.3 is 17.9 Å². The molecule has 0 aromatic heterocycles. The van der Waals surface area contributed by atoms with Gasteiger partial charge in [-0.2, -0.15) is 0 Å². The zero-order valence-corrected chi connectivity index (χ0v) is 49.6. The van der Waals surface area contributed by atoms with Crippen molar-refractivity contribution < 1.29 is 28.6 Å². The predicted octanol–water partition coefficient (Wildman–Crippen LogP) is 21.9. The third-order valence-electron chi connectivity index (χ3n) is 13.9. The van der Waals surface area contributed by atoms with Crippen molar-refractivity contribution in [2.45, 2.75) is 322 Å². The van der Waals surface area contributed by atoms with Gasteiger partial charge in [0.15, 0.2) is 6.10 Å². The second kappa shape index (κ2) is 63.1. The molecule has 0 rings (SSSR count). The molecule has 0 aromatic carbocycles. The molecule has 0 spiro atoms. The highest BCUT2D eigenvalue weighted by atomic mass is 16.6. The highest BCUT2D eigenvalue weighted by molar-refractivity contribution is 5.71. The average molecular weight is 1050 g/mol. The van der Waals surface area contributed by atoms with Crippen LogP contribution in [0, 0.1) is 0 Å². The molecule has 75 heavy (non-hydrogen) atoms. The molecule has 0 fully saturated rings. The van der Waals surface area contributed by atoms with Crippen LogP contribution in [0.25, 0.3) is 0 Å². The molecule has 6 nitrogen and oxygen atoms in total. The van der Waals surface area contributed by atoms with E-state index in [1.807, 2.05) is 0 Å². The maximum absolute atomic E-state index is 12.9. The number of carbonyl (C=O) groups is 3. The van der Waals surface area contributed by atoms with Crippen molar-refractivity contribution >= 4 is 17.9 Å². The Morgan fingerprint density at radius 3 is 0.840 bits per heavy atom. The van der Waals surface area contributed by atoms with Crippen molar-refractivity contribution in [3.05, 3.63) is 85.1 Å². The number of esters is 3. The van der Waals surface area contributed by atoms with Crippen molar-refractivity contribution in [1.29, 1.82) is 0 Å². The molecule has 0 heterocycles. The fraction of sp³-hybridized carbons (Fsp3) is 0.754. The Morgan fingerprint density at radius 1 is 0.280 bits per heavy atom. The number of allylic oxidation sites excluding steroid dienone is 14. The van der Waals surface area contributed by atoms with Crippen molar-refractivity contribution in [3.63, 3.8) is 0 Å². The molecule has 0 aliphatic heterocycles.